The van der Waals surface area contributed by atoms with Crippen molar-refractivity contribution in [3.8, 4) is 5.75 Å². The fraction of sp³-hybridized carbons (Fsp3) is 0.462. The normalized spacial score (nSPS) is 18.9. The molecule has 1 amide bonds. The number of ether oxygens (including phenoxy) is 1. The highest BCUT2D eigenvalue weighted by Crippen LogP contribution is 2.29. The Bertz CT molecular complexity index is 450. The second-order valence-corrected chi connectivity index (χ2v) is 4.48. The van der Waals surface area contributed by atoms with Crippen molar-refractivity contribution in [3.05, 3.63) is 29.6 Å². The van der Waals surface area contributed by atoms with Crippen LogP contribution < -0.4 is 10.1 Å². The number of benzene rings is 1. The maximum Gasteiger partial charge on any atom is 0.261 e. The van der Waals surface area contributed by atoms with Crippen molar-refractivity contribution in [3.63, 3.8) is 0 Å². The van der Waals surface area contributed by atoms with Gasteiger partial charge in [0.2, 0.25) is 0 Å². The van der Waals surface area contributed by atoms with E-state index in [4.69, 9.17) is 9.84 Å². The number of hydrogen-bond acceptors (Lipinski definition) is 3. The molecule has 0 spiro atoms. The van der Waals surface area contributed by atoms with Crippen LogP contribution in [0.2, 0.25) is 0 Å². The molecule has 0 aliphatic carbocycles. The molecule has 98 valence electrons. The van der Waals surface area contributed by atoms with E-state index in [0.717, 1.165) is 0 Å². The van der Waals surface area contributed by atoms with Crippen LogP contribution in [0.3, 0.4) is 0 Å². The van der Waals surface area contributed by atoms with E-state index < -0.39 is 6.10 Å². The quantitative estimate of drug-likeness (QED) is 0.842. The lowest BCUT2D eigenvalue weighted by Crippen LogP contribution is -2.42. The van der Waals surface area contributed by atoms with Gasteiger partial charge in [-0.15, -0.1) is 0 Å². The summed E-state index contributed by atoms with van der Waals surface area (Å²) in [4.78, 5) is 11.9. The van der Waals surface area contributed by atoms with Crippen LogP contribution in [-0.2, 0) is 11.2 Å². The van der Waals surface area contributed by atoms with Crippen LogP contribution in [0, 0.1) is 5.82 Å². The van der Waals surface area contributed by atoms with E-state index in [1.165, 1.54) is 18.2 Å². The summed E-state index contributed by atoms with van der Waals surface area (Å²) in [5.74, 6) is 0.00553. The van der Waals surface area contributed by atoms with Crippen molar-refractivity contribution >= 4 is 5.91 Å². The molecule has 2 unspecified atom stereocenters. The monoisotopic (exact) mass is 253 g/mol. The molecule has 0 saturated heterocycles. The van der Waals surface area contributed by atoms with Gasteiger partial charge in [0.15, 0.2) is 6.10 Å². The van der Waals surface area contributed by atoms with Gasteiger partial charge in [-0.2, -0.15) is 0 Å². The third-order valence-electron chi connectivity index (χ3n) is 2.94. The molecule has 5 heteroatoms. The average molecular weight is 253 g/mol. The number of carbonyl (C=O) groups is 1. The predicted molar refractivity (Wildman–Crippen MR) is 63.8 cm³/mol. The number of rotatable bonds is 4. The van der Waals surface area contributed by atoms with E-state index in [0.29, 0.717) is 24.2 Å². The van der Waals surface area contributed by atoms with Gasteiger partial charge in [0.1, 0.15) is 11.6 Å². The van der Waals surface area contributed by atoms with Crippen LogP contribution in [0.15, 0.2) is 18.2 Å². The van der Waals surface area contributed by atoms with Gasteiger partial charge in [-0.3, -0.25) is 4.79 Å². The molecule has 0 aromatic heterocycles. The Labute approximate surface area is 105 Å². The number of amides is 1. The van der Waals surface area contributed by atoms with Gasteiger partial charge in [0.05, 0.1) is 0 Å². The summed E-state index contributed by atoms with van der Waals surface area (Å²) in [6, 6.07) is 4.13. The van der Waals surface area contributed by atoms with E-state index >= 15 is 0 Å². The summed E-state index contributed by atoms with van der Waals surface area (Å²) in [5, 5.41) is 11.5. The summed E-state index contributed by atoms with van der Waals surface area (Å²) in [6.45, 7) is 1.84. The second kappa shape index (κ2) is 5.35. The zero-order chi connectivity index (χ0) is 13.1. The Balaban J connectivity index is 1.96. The highest BCUT2D eigenvalue weighted by atomic mass is 19.1. The molecule has 2 atom stereocenters. The molecule has 1 heterocycles. The number of nitrogens with one attached hydrogen (secondary N) is 1. The Morgan fingerprint density at radius 3 is 3.17 bits per heavy atom. The third-order valence-corrected chi connectivity index (χ3v) is 2.94. The van der Waals surface area contributed by atoms with Crippen molar-refractivity contribution in [1.82, 2.24) is 5.32 Å². The van der Waals surface area contributed by atoms with E-state index in [1.54, 1.807) is 0 Å². The lowest BCUT2D eigenvalue weighted by Gasteiger charge is -2.16. The molecular weight excluding hydrogens is 237 g/mol. The predicted octanol–water partition coefficient (Wildman–Crippen LogP) is 1.02. The number of fused-ring (bicyclic) bond motifs is 1. The first-order valence-electron chi connectivity index (χ1n) is 5.96. The molecule has 4 nitrogen and oxygen atoms in total. The van der Waals surface area contributed by atoms with Gasteiger partial charge in [-0.1, -0.05) is 0 Å². The highest BCUT2D eigenvalue weighted by molar-refractivity contribution is 5.82. The number of aliphatic hydroxyl groups excluding tert-OH is 1. The molecule has 2 N–H and O–H groups in total. The molecule has 1 aromatic rings. The maximum atomic E-state index is 13.0. The van der Waals surface area contributed by atoms with Crippen molar-refractivity contribution in [1.29, 1.82) is 0 Å². The number of carbonyl (C=O) groups excluding carboxylic acids is 1. The van der Waals surface area contributed by atoms with Crippen molar-refractivity contribution in [2.75, 3.05) is 6.61 Å². The van der Waals surface area contributed by atoms with E-state index in [2.05, 4.69) is 5.32 Å². The molecule has 18 heavy (non-hydrogen) atoms. The highest BCUT2D eigenvalue weighted by Gasteiger charge is 2.29. The Hall–Kier alpha value is -1.62. The first kappa shape index (κ1) is 12.8. The minimum atomic E-state index is -0.608. The Kier molecular flexibility index (Phi) is 3.81. The maximum absolute atomic E-state index is 13.0. The van der Waals surface area contributed by atoms with Crippen LogP contribution in [0.5, 0.6) is 5.75 Å². The fourth-order valence-electron chi connectivity index (χ4n) is 1.97. The SMILES string of the molecule is CC(CCO)NC(=O)C1Cc2cc(F)ccc2O1. The van der Waals surface area contributed by atoms with Gasteiger partial charge < -0.3 is 15.2 Å². The molecule has 1 aliphatic heterocycles. The summed E-state index contributed by atoms with van der Waals surface area (Å²) in [7, 11) is 0. The van der Waals surface area contributed by atoms with Gasteiger partial charge >= 0.3 is 0 Å². The van der Waals surface area contributed by atoms with Gasteiger partial charge in [-0.05, 0) is 31.5 Å². The smallest absolute Gasteiger partial charge is 0.261 e. The summed E-state index contributed by atoms with van der Waals surface area (Å²) in [5.41, 5.74) is 0.713. The molecular formula is C13H16FNO3. The molecule has 0 bridgehead atoms. The van der Waals surface area contributed by atoms with Gasteiger partial charge in [-0.25, -0.2) is 4.39 Å². The molecule has 1 aliphatic rings. The largest absolute Gasteiger partial charge is 0.480 e. The number of aliphatic hydroxyl groups is 1. The summed E-state index contributed by atoms with van der Waals surface area (Å²) >= 11 is 0. The summed E-state index contributed by atoms with van der Waals surface area (Å²) < 4.78 is 18.5. The Morgan fingerprint density at radius 2 is 2.44 bits per heavy atom. The second-order valence-electron chi connectivity index (χ2n) is 4.48. The molecule has 0 radical (unpaired) electrons. The van der Waals surface area contributed by atoms with Gasteiger partial charge in [0.25, 0.3) is 5.91 Å². The summed E-state index contributed by atoms with van der Waals surface area (Å²) in [6.07, 6.45) is 0.271. The first-order chi connectivity index (χ1) is 8.60. The zero-order valence-electron chi connectivity index (χ0n) is 10.1. The Morgan fingerprint density at radius 1 is 1.67 bits per heavy atom. The molecule has 2 rings (SSSR count). The minimum absolute atomic E-state index is 0.0262. The fourth-order valence-corrected chi connectivity index (χ4v) is 1.97. The minimum Gasteiger partial charge on any atom is -0.480 e. The van der Waals surface area contributed by atoms with Crippen molar-refractivity contribution < 1.29 is 19.0 Å². The molecule has 1 aromatic carbocycles. The first-order valence-corrected chi connectivity index (χ1v) is 5.96. The lowest BCUT2D eigenvalue weighted by molar-refractivity contribution is -0.127. The van der Waals surface area contributed by atoms with E-state index in [9.17, 15) is 9.18 Å². The van der Waals surface area contributed by atoms with Crippen LogP contribution >= 0.6 is 0 Å². The van der Waals surface area contributed by atoms with E-state index in [1.807, 2.05) is 6.92 Å². The standard InChI is InChI=1S/C13H16FNO3/c1-8(4-5-16)15-13(17)12-7-9-6-10(14)2-3-11(9)18-12/h2-3,6,8,12,16H,4-5,7H2,1H3,(H,15,17). The zero-order valence-corrected chi connectivity index (χ0v) is 10.1. The van der Waals surface area contributed by atoms with Gasteiger partial charge in [0, 0.05) is 24.6 Å². The topological polar surface area (TPSA) is 58.6 Å². The van der Waals surface area contributed by atoms with Crippen LogP contribution in [0.4, 0.5) is 4.39 Å². The van der Waals surface area contributed by atoms with Crippen LogP contribution in [0.25, 0.3) is 0 Å². The molecule has 0 saturated carbocycles. The third kappa shape index (κ3) is 2.79. The number of hydrogen-bond donors (Lipinski definition) is 2. The van der Waals surface area contributed by atoms with Crippen LogP contribution in [-0.4, -0.2) is 29.8 Å². The van der Waals surface area contributed by atoms with E-state index in [-0.39, 0.29) is 24.4 Å². The van der Waals surface area contributed by atoms with Crippen LogP contribution in [0.1, 0.15) is 18.9 Å². The van der Waals surface area contributed by atoms with Crippen molar-refractivity contribution in [2.24, 2.45) is 0 Å². The number of halogens is 1. The molecule has 0 fully saturated rings. The lowest BCUT2D eigenvalue weighted by atomic mass is 10.1. The average Bonchev–Trinajstić information content (AvgIpc) is 2.72. The van der Waals surface area contributed by atoms with Crippen molar-refractivity contribution in [2.45, 2.75) is 31.9 Å².